The van der Waals surface area contributed by atoms with Crippen LogP contribution in [-0.4, -0.2) is 17.8 Å². The SMILES string of the molecule is Cc1ccc(-c2ccc(-c3cc(C4=C(c5cc(-c6cccc(C(F)(F)F)c6)sc5C)C(F)(F)C(F)(F)C4(F)F)c(C)s3)s2)s1. The van der Waals surface area contributed by atoms with Crippen LogP contribution in [-0.2, 0) is 6.18 Å². The molecule has 44 heavy (non-hydrogen) atoms. The van der Waals surface area contributed by atoms with E-state index in [0.717, 1.165) is 61.6 Å². The summed E-state index contributed by atoms with van der Waals surface area (Å²) in [7, 11) is 0. The minimum absolute atomic E-state index is 0.00964. The molecule has 0 atom stereocenters. The number of halogens is 9. The quantitative estimate of drug-likeness (QED) is 0.161. The summed E-state index contributed by atoms with van der Waals surface area (Å²) < 4.78 is 132. The first-order chi connectivity index (χ1) is 20.4. The molecule has 0 radical (unpaired) electrons. The summed E-state index contributed by atoms with van der Waals surface area (Å²) in [6.45, 7) is 4.65. The summed E-state index contributed by atoms with van der Waals surface area (Å²) >= 11 is 4.72. The maximum absolute atomic E-state index is 15.6. The van der Waals surface area contributed by atoms with Crippen LogP contribution in [0.5, 0.6) is 0 Å². The van der Waals surface area contributed by atoms with Crippen LogP contribution in [0.15, 0.2) is 60.7 Å². The van der Waals surface area contributed by atoms with E-state index in [1.165, 1.54) is 37.3 Å². The zero-order chi connectivity index (χ0) is 32.0. The van der Waals surface area contributed by atoms with Gasteiger partial charge in [-0.3, -0.25) is 0 Å². The summed E-state index contributed by atoms with van der Waals surface area (Å²) in [4.78, 5) is 4.28. The molecule has 0 amide bonds. The van der Waals surface area contributed by atoms with E-state index in [4.69, 9.17) is 0 Å². The van der Waals surface area contributed by atoms with E-state index in [9.17, 15) is 13.2 Å². The molecule has 5 aromatic rings. The van der Waals surface area contributed by atoms with Crippen LogP contribution in [0.1, 0.15) is 31.3 Å². The number of hydrogen-bond acceptors (Lipinski definition) is 4. The molecular formula is C31H19F9S4. The monoisotopic (exact) mass is 690 g/mol. The van der Waals surface area contributed by atoms with Crippen molar-refractivity contribution in [1.29, 1.82) is 0 Å². The largest absolute Gasteiger partial charge is 0.416 e. The van der Waals surface area contributed by atoms with Crippen LogP contribution in [0.2, 0.25) is 0 Å². The van der Waals surface area contributed by atoms with Crippen molar-refractivity contribution in [3.63, 3.8) is 0 Å². The van der Waals surface area contributed by atoms with Gasteiger partial charge in [-0.2, -0.15) is 39.5 Å². The first kappa shape index (κ1) is 31.1. The molecule has 4 aromatic heterocycles. The maximum atomic E-state index is 15.6. The first-order valence-corrected chi connectivity index (χ1v) is 16.1. The van der Waals surface area contributed by atoms with E-state index in [2.05, 4.69) is 0 Å². The normalized spacial score (nSPS) is 17.5. The van der Waals surface area contributed by atoms with Crippen molar-refractivity contribution in [3.8, 4) is 29.9 Å². The van der Waals surface area contributed by atoms with Crippen LogP contribution in [0.25, 0.3) is 41.1 Å². The number of aryl methyl sites for hydroxylation is 3. The Morgan fingerprint density at radius 3 is 1.59 bits per heavy atom. The third-order valence-electron chi connectivity index (χ3n) is 7.35. The molecule has 13 heteroatoms. The van der Waals surface area contributed by atoms with E-state index in [0.29, 0.717) is 9.75 Å². The van der Waals surface area contributed by atoms with Gasteiger partial charge in [0, 0.05) is 50.2 Å². The van der Waals surface area contributed by atoms with E-state index in [1.54, 1.807) is 17.4 Å². The molecule has 0 N–H and O–H groups in total. The lowest BCUT2D eigenvalue weighted by molar-refractivity contribution is -0.254. The van der Waals surface area contributed by atoms with Crippen molar-refractivity contribution in [3.05, 3.63) is 92.0 Å². The Kier molecular flexibility index (Phi) is 7.31. The Bertz CT molecular complexity index is 1930. The van der Waals surface area contributed by atoms with Gasteiger partial charge in [-0.1, -0.05) is 12.1 Å². The summed E-state index contributed by atoms with van der Waals surface area (Å²) in [5, 5.41) is 0. The molecular weight excluding hydrogens is 672 g/mol. The zero-order valence-electron chi connectivity index (χ0n) is 22.8. The van der Waals surface area contributed by atoms with Gasteiger partial charge in [-0.25, -0.2) is 0 Å². The van der Waals surface area contributed by atoms with Crippen molar-refractivity contribution in [2.24, 2.45) is 0 Å². The smallest absolute Gasteiger partial charge is 0.194 e. The minimum atomic E-state index is -5.75. The first-order valence-electron chi connectivity index (χ1n) is 12.9. The molecule has 0 unspecified atom stereocenters. The highest BCUT2D eigenvalue weighted by Gasteiger charge is 2.80. The lowest BCUT2D eigenvalue weighted by Crippen LogP contribution is -2.48. The summed E-state index contributed by atoms with van der Waals surface area (Å²) in [5.41, 5.74) is -4.99. The Hall–Kier alpha value is -2.87. The van der Waals surface area contributed by atoms with E-state index in [-0.39, 0.29) is 20.2 Å². The predicted octanol–water partition coefficient (Wildman–Crippen LogP) is 12.7. The third-order valence-corrected chi connectivity index (χ3v) is 12.0. The molecule has 1 aromatic carbocycles. The van der Waals surface area contributed by atoms with Gasteiger partial charge in [0.2, 0.25) is 0 Å². The van der Waals surface area contributed by atoms with Crippen molar-refractivity contribution in [1.82, 2.24) is 0 Å². The third kappa shape index (κ3) is 4.78. The molecule has 0 aliphatic heterocycles. The summed E-state index contributed by atoms with van der Waals surface area (Å²) in [5.74, 6) is -16.3. The number of thiophene rings is 4. The van der Waals surface area contributed by atoms with Gasteiger partial charge < -0.3 is 0 Å². The fourth-order valence-electron chi connectivity index (χ4n) is 5.18. The molecule has 1 aliphatic rings. The van der Waals surface area contributed by atoms with Crippen LogP contribution >= 0.6 is 45.3 Å². The van der Waals surface area contributed by atoms with Crippen molar-refractivity contribution < 1.29 is 39.5 Å². The van der Waals surface area contributed by atoms with E-state index >= 15 is 26.3 Å². The van der Waals surface area contributed by atoms with Gasteiger partial charge in [-0.05, 0) is 86.0 Å². The summed E-state index contributed by atoms with van der Waals surface area (Å²) in [6, 6.07) is 13.8. The van der Waals surface area contributed by atoms with Gasteiger partial charge in [-0.15, -0.1) is 45.3 Å². The Morgan fingerprint density at radius 1 is 0.545 bits per heavy atom. The standard InChI is InChI=1S/C31H19F9S4/c1-14-7-8-21(41-14)22-9-10-23(44-22)25-13-20(16(3)43-25)27-26(28(32,33)31(39,40)29(27,34)35)19-12-24(42-15(19)2)17-5-4-6-18(11-17)30(36,37)38/h4-13H,1-3H3. The Labute approximate surface area is 261 Å². The fraction of sp³-hybridized carbons (Fsp3) is 0.226. The van der Waals surface area contributed by atoms with Gasteiger partial charge >= 0.3 is 23.9 Å². The zero-order valence-corrected chi connectivity index (χ0v) is 26.1. The average molecular weight is 691 g/mol. The number of rotatable bonds is 5. The highest BCUT2D eigenvalue weighted by Crippen LogP contribution is 2.66. The van der Waals surface area contributed by atoms with Crippen molar-refractivity contribution >= 4 is 56.5 Å². The predicted molar refractivity (Wildman–Crippen MR) is 162 cm³/mol. The molecule has 0 saturated carbocycles. The second-order valence-electron chi connectivity index (χ2n) is 10.3. The van der Waals surface area contributed by atoms with Gasteiger partial charge in [0.15, 0.2) is 0 Å². The molecule has 0 saturated heterocycles. The number of allylic oxidation sites excluding steroid dienone is 2. The van der Waals surface area contributed by atoms with Crippen LogP contribution in [0.3, 0.4) is 0 Å². The molecule has 0 fully saturated rings. The van der Waals surface area contributed by atoms with Crippen LogP contribution in [0, 0.1) is 20.8 Å². The summed E-state index contributed by atoms with van der Waals surface area (Å²) in [6.07, 6.45) is -4.69. The number of hydrogen-bond donors (Lipinski definition) is 0. The van der Waals surface area contributed by atoms with E-state index < -0.39 is 51.8 Å². The number of benzene rings is 1. The van der Waals surface area contributed by atoms with E-state index in [1.807, 2.05) is 25.1 Å². The topological polar surface area (TPSA) is 0 Å². The molecule has 0 bridgehead atoms. The minimum Gasteiger partial charge on any atom is -0.194 e. The molecule has 0 nitrogen and oxygen atoms in total. The molecule has 230 valence electrons. The molecule has 0 spiro atoms. The van der Waals surface area contributed by atoms with Gasteiger partial charge in [0.05, 0.1) is 5.56 Å². The lowest BCUT2D eigenvalue weighted by Gasteiger charge is -2.25. The fourth-order valence-corrected chi connectivity index (χ4v) is 9.27. The van der Waals surface area contributed by atoms with Crippen molar-refractivity contribution in [2.75, 3.05) is 0 Å². The lowest BCUT2D eigenvalue weighted by atomic mass is 9.94. The second kappa shape index (κ2) is 10.3. The second-order valence-corrected chi connectivity index (χ2v) is 15.2. The Morgan fingerprint density at radius 2 is 1.05 bits per heavy atom. The average Bonchev–Trinajstić information content (AvgIpc) is 3.74. The van der Waals surface area contributed by atoms with Crippen LogP contribution < -0.4 is 0 Å². The Balaban J connectivity index is 1.52. The van der Waals surface area contributed by atoms with Gasteiger partial charge in [0.1, 0.15) is 0 Å². The van der Waals surface area contributed by atoms with Crippen molar-refractivity contribution in [2.45, 2.75) is 44.7 Å². The highest BCUT2D eigenvalue weighted by atomic mass is 32.1. The molecule has 1 aliphatic carbocycles. The maximum Gasteiger partial charge on any atom is 0.416 e. The molecule has 6 rings (SSSR count). The van der Waals surface area contributed by atoms with Gasteiger partial charge in [0.25, 0.3) is 0 Å². The number of alkyl halides is 9. The van der Waals surface area contributed by atoms with Crippen LogP contribution in [0.4, 0.5) is 39.5 Å². The highest BCUT2D eigenvalue weighted by molar-refractivity contribution is 7.26. The molecule has 4 heterocycles.